The number of hydrogen-bond acceptors (Lipinski definition) is 4. The Labute approximate surface area is 146 Å². The topological polar surface area (TPSA) is 54.5 Å². The Morgan fingerprint density at radius 3 is 2.76 bits per heavy atom. The summed E-state index contributed by atoms with van der Waals surface area (Å²) >= 11 is 0. The standard InChI is InChI=1S/C19H22FN3O2/c1-25-17-7-3-2-5-14(17)13-18(24)23-11-8-15(9-12-23)22-19-16(20)6-4-10-21-19/h2-7,10,15H,8-9,11-13H2,1H3,(H,21,22). The van der Waals surface area contributed by atoms with Crippen molar-refractivity contribution in [1.82, 2.24) is 9.88 Å². The van der Waals surface area contributed by atoms with Gasteiger partial charge in [0.05, 0.1) is 13.5 Å². The number of nitrogens with zero attached hydrogens (tertiary/aromatic N) is 2. The van der Waals surface area contributed by atoms with Gasteiger partial charge < -0.3 is 15.0 Å². The largest absolute Gasteiger partial charge is 0.496 e. The van der Waals surface area contributed by atoms with Gasteiger partial charge in [0.2, 0.25) is 5.91 Å². The Kier molecular flexibility index (Phi) is 5.48. The SMILES string of the molecule is COc1ccccc1CC(=O)N1CCC(Nc2ncccc2F)CC1. The third-order valence-corrected chi connectivity index (χ3v) is 4.48. The molecule has 1 N–H and O–H groups in total. The molecule has 2 heterocycles. The molecule has 0 spiro atoms. The van der Waals surface area contributed by atoms with Gasteiger partial charge in [-0.15, -0.1) is 0 Å². The molecule has 1 aromatic heterocycles. The van der Waals surface area contributed by atoms with Crippen LogP contribution in [-0.4, -0.2) is 42.0 Å². The van der Waals surface area contributed by atoms with Crippen molar-refractivity contribution in [2.75, 3.05) is 25.5 Å². The summed E-state index contributed by atoms with van der Waals surface area (Å²) in [6, 6.07) is 10.7. The molecule has 0 atom stereocenters. The second-order valence-electron chi connectivity index (χ2n) is 6.12. The zero-order chi connectivity index (χ0) is 17.6. The Balaban J connectivity index is 1.53. The van der Waals surface area contributed by atoms with Crippen molar-refractivity contribution in [2.24, 2.45) is 0 Å². The van der Waals surface area contributed by atoms with Gasteiger partial charge in [0.25, 0.3) is 0 Å². The fraction of sp³-hybridized carbons (Fsp3) is 0.368. The van der Waals surface area contributed by atoms with Crippen molar-refractivity contribution >= 4 is 11.7 Å². The number of para-hydroxylation sites is 1. The number of halogens is 1. The zero-order valence-electron chi connectivity index (χ0n) is 14.2. The first kappa shape index (κ1) is 17.2. The molecule has 1 aliphatic rings. The van der Waals surface area contributed by atoms with E-state index in [1.165, 1.54) is 6.07 Å². The average molecular weight is 343 g/mol. The third-order valence-electron chi connectivity index (χ3n) is 4.48. The molecule has 3 rings (SSSR count). The molecule has 1 aromatic carbocycles. The highest BCUT2D eigenvalue weighted by atomic mass is 19.1. The zero-order valence-corrected chi connectivity index (χ0v) is 14.2. The lowest BCUT2D eigenvalue weighted by Crippen LogP contribution is -2.43. The summed E-state index contributed by atoms with van der Waals surface area (Å²) in [7, 11) is 1.61. The van der Waals surface area contributed by atoms with Gasteiger partial charge in [-0.3, -0.25) is 4.79 Å². The van der Waals surface area contributed by atoms with Gasteiger partial charge in [0.1, 0.15) is 5.75 Å². The molecule has 132 valence electrons. The monoisotopic (exact) mass is 343 g/mol. The van der Waals surface area contributed by atoms with Crippen molar-refractivity contribution in [2.45, 2.75) is 25.3 Å². The number of anilines is 1. The Morgan fingerprint density at radius 2 is 2.04 bits per heavy atom. The van der Waals surface area contributed by atoms with Crippen molar-refractivity contribution in [3.05, 3.63) is 54.0 Å². The fourth-order valence-corrected chi connectivity index (χ4v) is 3.08. The average Bonchev–Trinajstić information content (AvgIpc) is 2.64. The predicted octanol–water partition coefficient (Wildman–Crippen LogP) is 2.87. The van der Waals surface area contributed by atoms with Crippen molar-refractivity contribution < 1.29 is 13.9 Å². The number of ether oxygens (including phenoxy) is 1. The highest BCUT2D eigenvalue weighted by Gasteiger charge is 2.24. The van der Waals surface area contributed by atoms with Crippen LogP contribution in [-0.2, 0) is 11.2 Å². The summed E-state index contributed by atoms with van der Waals surface area (Å²) < 4.78 is 19.0. The molecule has 0 bridgehead atoms. The van der Waals surface area contributed by atoms with Crippen molar-refractivity contribution in [3.63, 3.8) is 0 Å². The quantitative estimate of drug-likeness (QED) is 0.907. The summed E-state index contributed by atoms with van der Waals surface area (Å²) in [5.74, 6) is 0.753. The van der Waals surface area contributed by atoms with Gasteiger partial charge in [0.15, 0.2) is 11.6 Å². The number of benzene rings is 1. The summed E-state index contributed by atoms with van der Waals surface area (Å²) in [5, 5.41) is 3.13. The maximum Gasteiger partial charge on any atom is 0.227 e. The van der Waals surface area contributed by atoms with E-state index in [0.29, 0.717) is 19.5 Å². The molecular weight excluding hydrogens is 321 g/mol. The molecule has 5 nitrogen and oxygen atoms in total. The van der Waals surface area contributed by atoms with Crippen LogP contribution in [0, 0.1) is 5.82 Å². The van der Waals surface area contributed by atoms with Gasteiger partial charge in [-0.05, 0) is 31.0 Å². The summed E-state index contributed by atoms with van der Waals surface area (Å²) in [6.07, 6.45) is 3.44. The maximum absolute atomic E-state index is 13.7. The predicted molar refractivity (Wildman–Crippen MR) is 94.1 cm³/mol. The number of aromatic nitrogens is 1. The first-order valence-electron chi connectivity index (χ1n) is 8.44. The van der Waals surface area contributed by atoms with Crippen LogP contribution < -0.4 is 10.1 Å². The fourth-order valence-electron chi connectivity index (χ4n) is 3.08. The van der Waals surface area contributed by atoms with E-state index in [2.05, 4.69) is 10.3 Å². The number of amides is 1. The number of nitrogens with one attached hydrogen (secondary N) is 1. The summed E-state index contributed by atoms with van der Waals surface area (Å²) in [4.78, 5) is 18.4. The summed E-state index contributed by atoms with van der Waals surface area (Å²) in [6.45, 7) is 1.31. The second-order valence-corrected chi connectivity index (χ2v) is 6.12. The van der Waals surface area contributed by atoms with Gasteiger partial charge in [-0.1, -0.05) is 18.2 Å². The van der Waals surface area contributed by atoms with E-state index in [0.717, 1.165) is 24.2 Å². The van der Waals surface area contributed by atoms with Crippen molar-refractivity contribution in [3.8, 4) is 5.75 Å². The first-order valence-corrected chi connectivity index (χ1v) is 8.44. The summed E-state index contributed by atoms with van der Waals surface area (Å²) in [5.41, 5.74) is 0.894. The lowest BCUT2D eigenvalue weighted by molar-refractivity contribution is -0.131. The van der Waals surface area contributed by atoms with Crippen LogP contribution in [0.1, 0.15) is 18.4 Å². The number of hydrogen-bond donors (Lipinski definition) is 1. The molecule has 25 heavy (non-hydrogen) atoms. The molecule has 0 unspecified atom stereocenters. The number of rotatable bonds is 5. The number of likely N-dealkylation sites (tertiary alicyclic amines) is 1. The minimum Gasteiger partial charge on any atom is -0.496 e. The number of carbonyl (C=O) groups is 1. The van der Waals surface area contributed by atoms with Crippen LogP contribution in [0.4, 0.5) is 10.2 Å². The smallest absolute Gasteiger partial charge is 0.227 e. The van der Waals surface area contributed by atoms with Gasteiger partial charge in [-0.2, -0.15) is 0 Å². The van der Waals surface area contributed by atoms with Crippen LogP contribution in [0.3, 0.4) is 0 Å². The molecule has 0 aliphatic carbocycles. The van der Waals surface area contributed by atoms with E-state index in [4.69, 9.17) is 4.74 Å². The van der Waals surface area contributed by atoms with Crippen LogP contribution in [0.2, 0.25) is 0 Å². The molecule has 1 aliphatic heterocycles. The van der Waals surface area contributed by atoms with E-state index >= 15 is 0 Å². The Bertz CT molecular complexity index is 730. The second kappa shape index (κ2) is 7.96. The minimum absolute atomic E-state index is 0.0898. The number of piperidine rings is 1. The number of carbonyl (C=O) groups excluding carboxylic acids is 1. The molecule has 0 saturated carbocycles. The van der Waals surface area contributed by atoms with E-state index < -0.39 is 0 Å². The molecule has 1 fully saturated rings. The van der Waals surface area contributed by atoms with Crippen LogP contribution in [0.25, 0.3) is 0 Å². The van der Waals surface area contributed by atoms with Gasteiger partial charge >= 0.3 is 0 Å². The molecule has 1 saturated heterocycles. The Hall–Kier alpha value is -2.63. The van der Waals surface area contributed by atoms with E-state index in [1.54, 1.807) is 19.4 Å². The van der Waals surface area contributed by atoms with Gasteiger partial charge in [-0.25, -0.2) is 9.37 Å². The first-order chi connectivity index (χ1) is 12.2. The van der Waals surface area contributed by atoms with E-state index in [1.807, 2.05) is 29.2 Å². The van der Waals surface area contributed by atoms with Crippen LogP contribution in [0.5, 0.6) is 5.75 Å². The maximum atomic E-state index is 13.7. The van der Waals surface area contributed by atoms with E-state index in [-0.39, 0.29) is 23.6 Å². The molecule has 2 aromatic rings. The molecule has 0 radical (unpaired) electrons. The Morgan fingerprint density at radius 1 is 1.28 bits per heavy atom. The number of methoxy groups -OCH3 is 1. The normalized spacial score (nSPS) is 15.0. The van der Waals surface area contributed by atoms with Crippen LogP contribution in [0.15, 0.2) is 42.6 Å². The molecular formula is C19H22FN3O2. The van der Waals surface area contributed by atoms with Crippen LogP contribution >= 0.6 is 0 Å². The number of pyridine rings is 1. The molecule has 6 heteroatoms. The lowest BCUT2D eigenvalue weighted by Gasteiger charge is -2.32. The third kappa shape index (κ3) is 4.26. The van der Waals surface area contributed by atoms with Gasteiger partial charge in [0, 0.05) is 30.9 Å². The highest BCUT2D eigenvalue weighted by Crippen LogP contribution is 2.21. The van der Waals surface area contributed by atoms with Crippen molar-refractivity contribution in [1.29, 1.82) is 0 Å². The van der Waals surface area contributed by atoms with E-state index in [9.17, 15) is 9.18 Å². The minimum atomic E-state index is -0.350. The highest BCUT2D eigenvalue weighted by molar-refractivity contribution is 5.79. The molecule has 1 amide bonds. The lowest BCUT2D eigenvalue weighted by atomic mass is 10.0.